The average Bonchev–Trinajstić information content (AvgIpc) is 2.56. The van der Waals surface area contributed by atoms with Gasteiger partial charge in [0.2, 0.25) is 5.91 Å². The van der Waals surface area contributed by atoms with E-state index in [1.54, 1.807) is 11.9 Å². The molecule has 1 aromatic heterocycles. The molecule has 0 aliphatic carbocycles. The van der Waals surface area contributed by atoms with Gasteiger partial charge in [0.1, 0.15) is 13.1 Å². The van der Waals surface area contributed by atoms with Crippen LogP contribution in [0.4, 0.5) is 0 Å². The average molecular weight is 354 g/mol. The van der Waals surface area contributed by atoms with Crippen molar-refractivity contribution in [1.29, 1.82) is 0 Å². The number of aryl methyl sites for hydroxylation is 1. The van der Waals surface area contributed by atoms with Gasteiger partial charge < -0.3 is 20.6 Å². The zero-order chi connectivity index (χ0) is 19.0. The number of rotatable bonds is 10. The van der Waals surface area contributed by atoms with Gasteiger partial charge >= 0.3 is 5.97 Å². The molecule has 2 unspecified atom stereocenters. The number of carbonyl (C=O) groups is 2. The third-order valence-corrected chi connectivity index (χ3v) is 4.20. The molecular formula is C17H28N3O5+. The summed E-state index contributed by atoms with van der Waals surface area (Å²) < 4.78 is 2.00. The molecule has 0 spiro atoms. The van der Waals surface area contributed by atoms with Crippen molar-refractivity contribution in [3.05, 3.63) is 29.6 Å². The Hall–Kier alpha value is -2.03. The van der Waals surface area contributed by atoms with Crippen LogP contribution in [0, 0.1) is 6.92 Å². The summed E-state index contributed by atoms with van der Waals surface area (Å²) >= 11 is 0. The highest BCUT2D eigenvalue weighted by Crippen LogP contribution is 2.10. The summed E-state index contributed by atoms with van der Waals surface area (Å²) in [6.45, 7) is 1.93. The molecule has 0 aromatic carbocycles. The van der Waals surface area contributed by atoms with Gasteiger partial charge in [0.25, 0.3) is 0 Å². The van der Waals surface area contributed by atoms with Crippen LogP contribution in [0.25, 0.3) is 0 Å². The summed E-state index contributed by atoms with van der Waals surface area (Å²) in [6, 6.07) is 5.04. The molecule has 1 heterocycles. The lowest BCUT2D eigenvalue weighted by atomic mass is 10.1. The van der Waals surface area contributed by atoms with Crippen LogP contribution in [0.1, 0.15) is 24.2 Å². The summed E-state index contributed by atoms with van der Waals surface area (Å²) in [6.07, 6.45) is -0.829. The molecule has 0 bridgehead atoms. The molecule has 0 saturated heterocycles. The number of carboxylic acids is 1. The number of carboxylic acid groups (broad SMARTS) is 1. The van der Waals surface area contributed by atoms with E-state index < -0.39 is 24.7 Å². The van der Waals surface area contributed by atoms with Crippen molar-refractivity contribution in [2.75, 3.05) is 20.2 Å². The molecule has 25 heavy (non-hydrogen) atoms. The molecule has 0 radical (unpaired) electrons. The van der Waals surface area contributed by atoms with Crippen LogP contribution in [0.2, 0.25) is 0 Å². The Morgan fingerprint density at radius 2 is 2.04 bits per heavy atom. The minimum atomic E-state index is -1.01. The predicted molar refractivity (Wildman–Crippen MR) is 90.6 cm³/mol. The normalized spacial score (nSPS) is 13.5. The molecule has 8 nitrogen and oxygen atoms in total. The monoisotopic (exact) mass is 354 g/mol. The maximum atomic E-state index is 11.8. The number of aromatic nitrogens is 1. The number of aliphatic hydroxyl groups is 2. The second kappa shape index (κ2) is 10.1. The van der Waals surface area contributed by atoms with Gasteiger partial charge in [0, 0.05) is 32.0 Å². The number of aliphatic carboxylic acids is 1. The fourth-order valence-corrected chi connectivity index (χ4v) is 2.46. The minimum Gasteiger partial charge on any atom is -0.480 e. The Kier molecular flexibility index (Phi) is 8.47. The second-order valence-electron chi connectivity index (χ2n) is 6.17. The van der Waals surface area contributed by atoms with Crippen LogP contribution in [-0.2, 0) is 23.2 Å². The third kappa shape index (κ3) is 6.77. The lowest BCUT2D eigenvalue weighted by molar-refractivity contribution is -0.686. The molecule has 0 aliphatic heterocycles. The highest BCUT2D eigenvalue weighted by molar-refractivity contribution is 5.78. The largest absolute Gasteiger partial charge is 0.480 e. The number of carbonyl (C=O) groups excluding carboxylic acids is 1. The van der Waals surface area contributed by atoms with E-state index in [1.807, 2.05) is 36.7 Å². The van der Waals surface area contributed by atoms with Gasteiger partial charge in [-0.2, -0.15) is 0 Å². The molecule has 2 atom stereocenters. The Morgan fingerprint density at radius 3 is 2.64 bits per heavy atom. The van der Waals surface area contributed by atoms with E-state index in [9.17, 15) is 19.8 Å². The Morgan fingerprint density at radius 1 is 1.36 bits per heavy atom. The number of likely N-dealkylation sites (N-methyl/N-ethyl adjacent to an activating group) is 1. The molecule has 8 heteroatoms. The lowest BCUT2D eigenvalue weighted by Gasteiger charge is -2.23. The highest BCUT2D eigenvalue weighted by Gasteiger charge is 2.25. The number of amides is 1. The Labute approximate surface area is 147 Å². The molecule has 4 N–H and O–H groups in total. The van der Waals surface area contributed by atoms with Gasteiger partial charge in [-0.15, -0.1) is 0 Å². The number of hydrogen-bond acceptors (Lipinski definition) is 5. The van der Waals surface area contributed by atoms with Crippen LogP contribution < -0.4 is 9.88 Å². The third-order valence-electron chi connectivity index (χ3n) is 4.20. The van der Waals surface area contributed by atoms with Gasteiger partial charge in [-0.3, -0.25) is 14.5 Å². The van der Waals surface area contributed by atoms with Crippen LogP contribution in [0.5, 0.6) is 0 Å². The summed E-state index contributed by atoms with van der Waals surface area (Å²) in [7, 11) is 3.64. The van der Waals surface area contributed by atoms with Gasteiger partial charge in [-0.05, 0) is 19.5 Å². The zero-order valence-electron chi connectivity index (χ0n) is 15.0. The number of aliphatic hydroxyl groups excluding tert-OH is 2. The predicted octanol–water partition coefficient (Wildman–Crippen LogP) is -1.05. The van der Waals surface area contributed by atoms with Crippen LogP contribution in [0.3, 0.4) is 0 Å². The van der Waals surface area contributed by atoms with Crippen molar-refractivity contribution in [3.63, 3.8) is 0 Å². The van der Waals surface area contributed by atoms with Crippen LogP contribution in [0.15, 0.2) is 18.2 Å². The van der Waals surface area contributed by atoms with E-state index in [2.05, 4.69) is 5.32 Å². The van der Waals surface area contributed by atoms with Crippen molar-refractivity contribution in [1.82, 2.24) is 10.2 Å². The Bertz CT molecular complexity index is 594. The molecule has 0 fully saturated rings. The first-order chi connectivity index (χ1) is 11.8. The van der Waals surface area contributed by atoms with E-state index in [1.165, 1.54) is 0 Å². The van der Waals surface area contributed by atoms with E-state index in [0.29, 0.717) is 6.54 Å². The van der Waals surface area contributed by atoms with Crippen LogP contribution in [-0.4, -0.2) is 64.4 Å². The number of nitrogens with zero attached hydrogens (tertiary/aromatic N) is 2. The molecule has 1 rings (SSSR count). The SMILES string of the molecule is Cc1cccc(CN(C)C(CCC(=O)NCC(O)CO)C(=O)O)[n+]1C. The molecule has 0 aliphatic rings. The van der Waals surface area contributed by atoms with Crippen molar-refractivity contribution in [2.24, 2.45) is 7.05 Å². The number of hydrogen-bond donors (Lipinski definition) is 4. The van der Waals surface area contributed by atoms with Crippen LogP contribution >= 0.6 is 0 Å². The van der Waals surface area contributed by atoms with Gasteiger partial charge in [0.15, 0.2) is 11.4 Å². The van der Waals surface area contributed by atoms with E-state index in [-0.39, 0.29) is 25.3 Å². The number of nitrogens with one attached hydrogen (secondary N) is 1. The molecule has 1 aromatic rings. The topological polar surface area (TPSA) is 114 Å². The fraction of sp³-hybridized carbons (Fsp3) is 0.588. The van der Waals surface area contributed by atoms with Gasteiger partial charge in [0.05, 0.1) is 19.3 Å². The Balaban J connectivity index is 2.62. The summed E-state index contributed by atoms with van der Waals surface area (Å²) in [4.78, 5) is 25.0. The fourth-order valence-electron chi connectivity index (χ4n) is 2.46. The summed E-state index contributed by atoms with van der Waals surface area (Å²) in [5, 5.41) is 29.8. The van der Waals surface area contributed by atoms with Gasteiger partial charge in [-0.25, -0.2) is 4.57 Å². The first kappa shape index (κ1) is 21.0. The van der Waals surface area contributed by atoms with E-state index in [4.69, 9.17) is 5.11 Å². The maximum Gasteiger partial charge on any atom is 0.320 e. The summed E-state index contributed by atoms with van der Waals surface area (Å²) in [5.74, 6) is -1.34. The highest BCUT2D eigenvalue weighted by atomic mass is 16.4. The maximum absolute atomic E-state index is 11.8. The zero-order valence-corrected chi connectivity index (χ0v) is 15.0. The van der Waals surface area contributed by atoms with E-state index >= 15 is 0 Å². The number of pyridine rings is 1. The second-order valence-corrected chi connectivity index (χ2v) is 6.17. The molecule has 1 amide bonds. The molecule has 0 saturated carbocycles. The summed E-state index contributed by atoms with van der Waals surface area (Å²) in [5.41, 5.74) is 2.05. The molecule has 140 valence electrons. The lowest BCUT2D eigenvalue weighted by Crippen LogP contribution is -2.44. The quantitative estimate of drug-likeness (QED) is 0.399. The van der Waals surface area contributed by atoms with Crippen molar-refractivity contribution in [3.8, 4) is 0 Å². The van der Waals surface area contributed by atoms with Crippen molar-refractivity contribution < 1.29 is 29.5 Å². The molecular weight excluding hydrogens is 326 g/mol. The first-order valence-electron chi connectivity index (χ1n) is 8.19. The van der Waals surface area contributed by atoms with Crippen molar-refractivity contribution >= 4 is 11.9 Å². The first-order valence-corrected chi connectivity index (χ1v) is 8.19. The van der Waals surface area contributed by atoms with E-state index in [0.717, 1.165) is 11.4 Å². The smallest absolute Gasteiger partial charge is 0.320 e. The standard InChI is InChI=1S/C17H27N3O5/c1-12-5-4-6-13(20(12)3)10-19(2)15(17(24)25)7-8-16(23)18-9-14(22)11-21/h4-6,14-15,21-22H,7-11H2,1-3H3,(H-,18,23,24,25)/p+1. The van der Waals surface area contributed by atoms with Gasteiger partial charge in [-0.1, -0.05) is 0 Å². The van der Waals surface area contributed by atoms with Crippen molar-refractivity contribution in [2.45, 2.75) is 38.5 Å². The minimum absolute atomic E-state index is 0.0272.